The Morgan fingerprint density at radius 3 is 2.57 bits per heavy atom. The van der Waals surface area contributed by atoms with E-state index in [1.165, 1.54) is 37.7 Å². The van der Waals surface area contributed by atoms with E-state index in [0.29, 0.717) is 0 Å². The average molecular weight is 287 g/mol. The molecule has 1 aromatic carbocycles. The molecule has 2 rings (SSSR count). The van der Waals surface area contributed by atoms with Crippen LogP contribution in [0.25, 0.3) is 0 Å². The fraction of sp³-hybridized carbons (Fsp3) is 0.700. The molecule has 1 N–H and O–H groups in total. The predicted octanol–water partition coefficient (Wildman–Crippen LogP) is 5.30. The number of hydrogen-bond donors (Lipinski definition) is 1. The molecule has 1 aliphatic carbocycles. The van der Waals surface area contributed by atoms with Gasteiger partial charge in [0, 0.05) is 5.54 Å². The molecule has 1 nitrogen and oxygen atoms in total. The number of nitrogens with one attached hydrogen (secondary N) is 1. The van der Waals surface area contributed by atoms with Crippen molar-refractivity contribution in [3.05, 3.63) is 35.4 Å². The minimum absolute atomic E-state index is 0.224. The largest absolute Gasteiger partial charge is 0.312 e. The quantitative estimate of drug-likeness (QED) is 0.741. The van der Waals surface area contributed by atoms with Gasteiger partial charge in [0.1, 0.15) is 0 Å². The molecule has 1 aromatic rings. The second-order valence-corrected chi connectivity index (χ2v) is 7.73. The summed E-state index contributed by atoms with van der Waals surface area (Å²) < 4.78 is 0. The van der Waals surface area contributed by atoms with E-state index in [2.05, 4.69) is 57.3 Å². The van der Waals surface area contributed by atoms with Gasteiger partial charge in [0.05, 0.1) is 0 Å². The van der Waals surface area contributed by atoms with E-state index < -0.39 is 0 Å². The van der Waals surface area contributed by atoms with Gasteiger partial charge in [-0.05, 0) is 69.5 Å². The molecule has 2 unspecified atom stereocenters. The zero-order valence-electron chi connectivity index (χ0n) is 14.4. The maximum atomic E-state index is 3.75. The van der Waals surface area contributed by atoms with Gasteiger partial charge in [0.25, 0.3) is 0 Å². The van der Waals surface area contributed by atoms with Crippen LogP contribution in [0.5, 0.6) is 0 Å². The first-order valence-corrected chi connectivity index (χ1v) is 8.83. The standard InChI is InChI=1S/C20H33N/c1-5-16-10-9-12-17(14-16)19-13-8-6-7-11-18(19)15-21-20(2,3)4/h9-10,12,14,18-19,21H,5-8,11,13,15H2,1-4H3. The predicted molar refractivity (Wildman–Crippen MR) is 92.9 cm³/mol. The van der Waals surface area contributed by atoms with Crippen LogP contribution in [0.1, 0.15) is 76.8 Å². The van der Waals surface area contributed by atoms with E-state index in [1.807, 2.05) is 0 Å². The summed E-state index contributed by atoms with van der Waals surface area (Å²) in [5.74, 6) is 1.53. The SMILES string of the molecule is CCc1cccc(C2CCCCCC2CNC(C)(C)C)c1. The molecule has 0 amide bonds. The summed E-state index contributed by atoms with van der Waals surface area (Å²) in [6, 6.07) is 9.34. The Kier molecular flexibility index (Phi) is 5.87. The molecule has 0 saturated heterocycles. The zero-order chi connectivity index (χ0) is 15.3. The molecule has 0 spiro atoms. The van der Waals surface area contributed by atoms with Crippen molar-refractivity contribution in [3.8, 4) is 0 Å². The lowest BCUT2D eigenvalue weighted by Gasteiger charge is -2.30. The lowest BCUT2D eigenvalue weighted by molar-refractivity contribution is 0.322. The second-order valence-electron chi connectivity index (χ2n) is 7.73. The normalized spacial score (nSPS) is 23.8. The minimum atomic E-state index is 0.224. The van der Waals surface area contributed by atoms with Crippen molar-refractivity contribution in [1.29, 1.82) is 0 Å². The van der Waals surface area contributed by atoms with Gasteiger partial charge in [0.2, 0.25) is 0 Å². The Morgan fingerprint density at radius 1 is 1.10 bits per heavy atom. The van der Waals surface area contributed by atoms with E-state index in [4.69, 9.17) is 0 Å². The van der Waals surface area contributed by atoms with Crippen molar-refractivity contribution in [2.24, 2.45) is 5.92 Å². The maximum absolute atomic E-state index is 3.75. The van der Waals surface area contributed by atoms with E-state index in [-0.39, 0.29) is 5.54 Å². The van der Waals surface area contributed by atoms with Crippen molar-refractivity contribution in [1.82, 2.24) is 5.32 Å². The molecule has 1 aliphatic rings. The molecule has 1 heteroatoms. The highest BCUT2D eigenvalue weighted by Gasteiger charge is 2.26. The van der Waals surface area contributed by atoms with Crippen LogP contribution in [0.3, 0.4) is 0 Å². The first-order valence-electron chi connectivity index (χ1n) is 8.83. The number of rotatable bonds is 4. The number of benzene rings is 1. The molecule has 0 radical (unpaired) electrons. The monoisotopic (exact) mass is 287 g/mol. The molecule has 0 heterocycles. The second kappa shape index (κ2) is 7.45. The van der Waals surface area contributed by atoms with Gasteiger partial charge in [-0.1, -0.05) is 50.5 Å². The number of aryl methyl sites for hydroxylation is 1. The van der Waals surface area contributed by atoms with Gasteiger partial charge >= 0.3 is 0 Å². The van der Waals surface area contributed by atoms with Crippen molar-refractivity contribution in [3.63, 3.8) is 0 Å². The topological polar surface area (TPSA) is 12.0 Å². The molecule has 0 aromatic heterocycles. The van der Waals surface area contributed by atoms with Crippen LogP contribution >= 0.6 is 0 Å². The first-order chi connectivity index (χ1) is 9.99. The van der Waals surface area contributed by atoms with Crippen molar-refractivity contribution in [2.75, 3.05) is 6.54 Å². The maximum Gasteiger partial charge on any atom is 0.00966 e. The highest BCUT2D eigenvalue weighted by Crippen LogP contribution is 2.36. The fourth-order valence-electron chi connectivity index (χ4n) is 3.55. The van der Waals surface area contributed by atoms with Crippen LogP contribution in [-0.4, -0.2) is 12.1 Å². The van der Waals surface area contributed by atoms with Crippen molar-refractivity contribution < 1.29 is 0 Å². The van der Waals surface area contributed by atoms with E-state index in [0.717, 1.165) is 24.8 Å². The molecule has 21 heavy (non-hydrogen) atoms. The van der Waals surface area contributed by atoms with E-state index in [1.54, 1.807) is 5.56 Å². The molecule has 1 fully saturated rings. The summed E-state index contributed by atoms with van der Waals surface area (Å²) in [6.45, 7) is 10.2. The Balaban J connectivity index is 2.14. The lowest BCUT2D eigenvalue weighted by Crippen LogP contribution is -2.40. The molecular weight excluding hydrogens is 254 g/mol. The van der Waals surface area contributed by atoms with Crippen molar-refractivity contribution in [2.45, 2.75) is 77.7 Å². The summed E-state index contributed by atoms with van der Waals surface area (Å²) in [4.78, 5) is 0. The van der Waals surface area contributed by atoms with Crippen LogP contribution in [0, 0.1) is 5.92 Å². The zero-order valence-corrected chi connectivity index (χ0v) is 14.4. The van der Waals surface area contributed by atoms with E-state index >= 15 is 0 Å². The highest BCUT2D eigenvalue weighted by molar-refractivity contribution is 5.27. The lowest BCUT2D eigenvalue weighted by atomic mass is 9.81. The Hall–Kier alpha value is -0.820. The van der Waals surface area contributed by atoms with Gasteiger partial charge in [-0.25, -0.2) is 0 Å². The summed E-state index contributed by atoms with van der Waals surface area (Å²) in [6.07, 6.45) is 8.10. The summed E-state index contributed by atoms with van der Waals surface area (Å²) in [7, 11) is 0. The Labute approximate surface area is 131 Å². The van der Waals surface area contributed by atoms with Gasteiger partial charge in [0.15, 0.2) is 0 Å². The molecular formula is C20H33N. The van der Waals surface area contributed by atoms with Crippen LogP contribution in [-0.2, 0) is 6.42 Å². The van der Waals surface area contributed by atoms with Gasteiger partial charge in [-0.3, -0.25) is 0 Å². The van der Waals surface area contributed by atoms with Crippen LogP contribution in [0.4, 0.5) is 0 Å². The molecule has 0 bridgehead atoms. The Bertz CT molecular complexity index is 430. The van der Waals surface area contributed by atoms with Crippen LogP contribution < -0.4 is 5.32 Å². The summed E-state index contributed by atoms with van der Waals surface area (Å²) in [5.41, 5.74) is 3.29. The smallest absolute Gasteiger partial charge is 0.00966 e. The van der Waals surface area contributed by atoms with Crippen LogP contribution in [0.2, 0.25) is 0 Å². The molecule has 0 aliphatic heterocycles. The third-order valence-electron chi connectivity index (χ3n) is 4.84. The molecule has 118 valence electrons. The Morgan fingerprint density at radius 2 is 1.86 bits per heavy atom. The highest BCUT2D eigenvalue weighted by atomic mass is 14.9. The third kappa shape index (κ3) is 5.14. The van der Waals surface area contributed by atoms with Gasteiger partial charge in [-0.2, -0.15) is 0 Å². The van der Waals surface area contributed by atoms with Crippen molar-refractivity contribution >= 4 is 0 Å². The first kappa shape index (κ1) is 16.5. The molecule has 2 atom stereocenters. The van der Waals surface area contributed by atoms with E-state index in [9.17, 15) is 0 Å². The number of hydrogen-bond acceptors (Lipinski definition) is 1. The van der Waals surface area contributed by atoms with Gasteiger partial charge < -0.3 is 5.32 Å². The summed E-state index contributed by atoms with van der Waals surface area (Å²) >= 11 is 0. The average Bonchev–Trinajstić information content (AvgIpc) is 2.69. The summed E-state index contributed by atoms with van der Waals surface area (Å²) in [5, 5.41) is 3.75. The third-order valence-corrected chi connectivity index (χ3v) is 4.84. The fourth-order valence-corrected chi connectivity index (χ4v) is 3.55. The minimum Gasteiger partial charge on any atom is -0.312 e. The van der Waals surface area contributed by atoms with Crippen LogP contribution in [0.15, 0.2) is 24.3 Å². The molecule has 1 saturated carbocycles. The van der Waals surface area contributed by atoms with Gasteiger partial charge in [-0.15, -0.1) is 0 Å².